The number of hydrogen-bond acceptors (Lipinski definition) is 3. The third kappa shape index (κ3) is 1.52. The Bertz CT molecular complexity index is 513. The molecule has 0 saturated heterocycles. The van der Waals surface area contributed by atoms with Gasteiger partial charge in [-0.2, -0.15) is 0 Å². The van der Waals surface area contributed by atoms with Crippen molar-refractivity contribution in [2.24, 2.45) is 0 Å². The molecule has 1 aromatic carbocycles. The maximum absolute atomic E-state index is 10.5. The van der Waals surface area contributed by atoms with Gasteiger partial charge >= 0.3 is 0 Å². The normalized spacial score (nSPS) is 10.4. The number of rotatable bonds is 1. The average Bonchev–Trinajstić information content (AvgIpc) is 2.16. The monoisotopic (exact) mass is 208 g/mol. The summed E-state index contributed by atoms with van der Waals surface area (Å²) in [6.45, 7) is 0. The number of aromatic nitrogens is 1. The molecule has 2 rings (SSSR count). The second kappa shape index (κ2) is 3.23. The van der Waals surface area contributed by atoms with Crippen molar-refractivity contribution in [1.82, 2.24) is 4.98 Å². The molecule has 0 saturated carbocycles. The number of halogens is 1. The van der Waals surface area contributed by atoms with Crippen molar-refractivity contribution in [2.75, 3.05) is 0 Å². The van der Waals surface area contributed by atoms with Crippen molar-refractivity contribution in [3.63, 3.8) is 0 Å². The standard InChI is InChI=1S/C9H5ClN2O2/c10-7-3-6-1-2-8(12(13)14)4-9(6)11-5-7/h1-5H. The molecule has 1 aromatic heterocycles. The van der Waals surface area contributed by atoms with Gasteiger partial charge in [0.15, 0.2) is 0 Å². The molecule has 0 aliphatic heterocycles. The molecule has 0 unspecified atom stereocenters. The van der Waals surface area contributed by atoms with Gasteiger partial charge in [-0.05, 0) is 12.1 Å². The third-order valence-corrected chi connectivity index (χ3v) is 2.05. The Balaban J connectivity index is 2.67. The number of pyridine rings is 1. The summed E-state index contributed by atoms with van der Waals surface area (Å²) < 4.78 is 0. The second-order valence-electron chi connectivity index (χ2n) is 2.79. The van der Waals surface area contributed by atoms with E-state index in [4.69, 9.17) is 11.6 Å². The van der Waals surface area contributed by atoms with Crippen LogP contribution in [0.1, 0.15) is 0 Å². The highest BCUT2D eigenvalue weighted by molar-refractivity contribution is 6.31. The van der Waals surface area contributed by atoms with Crippen LogP contribution in [0.15, 0.2) is 30.5 Å². The van der Waals surface area contributed by atoms with Gasteiger partial charge < -0.3 is 0 Å². The quantitative estimate of drug-likeness (QED) is 0.535. The van der Waals surface area contributed by atoms with E-state index in [0.717, 1.165) is 5.39 Å². The molecule has 2 aromatic rings. The smallest absolute Gasteiger partial charge is 0.258 e. The number of nitro groups is 1. The zero-order valence-electron chi connectivity index (χ0n) is 6.98. The molecule has 1 heterocycles. The van der Waals surface area contributed by atoms with Gasteiger partial charge in [-0.25, -0.2) is 0 Å². The molecule has 0 fully saturated rings. The van der Waals surface area contributed by atoms with Crippen LogP contribution < -0.4 is 0 Å². The first kappa shape index (κ1) is 8.90. The fraction of sp³-hybridized carbons (Fsp3) is 0. The van der Waals surface area contributed by atoms with E-state index in [1.165, 1.54) is 18.3 Å². The number of non-ortho nitro benzene ring substituents is 1. The van der Waals surface area contributed by atoms with E-state index in [-0.39, 0.29) is 5.69 Å². The van der Waals surface area contributed by atoms with Crippen LogP contribution in [0.5, 0.6) is 0 Å². The van der Waals surface area contributed by atoms with Crippen LogP contribution in [0.2, 0.25) is 5.02 Å². The third-order valence-electron chi connectivity index (χ3n) is 1.85. The molecule has 70 valence electrons. The minimum Gasteiger partial charge on any atom is -0.258 e. The number of nitrogens with zero attached hydrogens (tertiary/aromatic N) is 2. The molecule has 4 nitrogen and oxygen atoms in total. The lowest BCUT2D eigenvalue weighted by Gasteiger charge is -1.97. The molecule has 0 N–H and O–H groups in total. The Hall–Kier alpha value is -1.68. The lowest BCUT2D eigenvalue weighted by atomic mass is 10.2. The summed E-state index contributed by atoms with van der Waals surface area (Å²) in [6.07, 6.45) is 1.47. The van der Waals surface area contributed by atoms with Gasteiger partial charge in [0.1, 0.15) is 0 Å². The van der Waals surface area contributed by atoms with Crippen molar-refractivity contribution in [2.45, 2.75) is 0 Å². The van der Waals surface area contributed by atoms with Crippen LogP contribution in [0.4, 0.5) is 5.69 Å². The SMILES string of the molecule is O=[N+]([O-])c1ccc2cc(Cl)cnc2c1. The predicted octanol–water partition coefficient (Wildman–Crippen LogP) is 2.80. The fourth-order valence-electron chi connectivity index (χ4n) is 1.20. The topological polar surface area (TPSA) is 56.0 Å². The zero-order valence-corrected chi connectivity index (χ0v) is 7.73. The Morgan fingerprint density at radius 3 is 2.86 bits per heavy atom. The molecular weight excluding hydrogens is 204 g/mol. The van der Waals surface area contributed by atoms with Crippen LogP contribution >= 0.6 is 11.6 Å². The predicted molar refractivity (Wildman–Crippen MR) is 53.4 cm³/mol. The summed E-state index contributed by atoms with van der Waals surface area (Å²) in [5, 5.41) is 11.8. The van der Waals surface area contributed by atoms with Crippen LogP contribution in [0.3, 0.4) is 0 Å². The summed E-state index contributed by atoms with van der Waals surface area (Å²) in [4.78, 5) is 14.0. The van der Waals surface area contributed by atoms with Crippen LogP contribution in [0, 0.1) is 10.1 Å². The summed E-state index contributed by atoms with van der Waals surface area (Å²) in [7, 11) is 0. The molecule has 0 radical (unpaired) electrons. The van der Waals surface area contributed by atoms with Crippen molar-refractivity contribution < 1.29 is 4.92 Å². The minimum absolute atomic E-state index is 0.0346. The van der Waals surface area contributed by atoms with E-state index in [0.29, 0.717) is 10.5 Å². The highest BCUT2D eigenvalue weighted by Crippen LogP contribution is 2.21. The lowest BCUT2D eigenvalue weighted by molar-refractivity contribution is -0.384. The second-order valence-corrected chi connectivity index (χ2v) is 3.22. The molecule has 0 amide bonds. The van der Waals surface area contributed by atoms with Crippen molar-refractivity contribution >= 4 is 28.2 Å². The van der Waals surface area contributed by atoms with Gasteiger partial charge in [0.05, 0.1) is 15.5 Å². The number of nitro benzene ring substituents is 1. The van der Waals surface area contributed by atoms with Gasteiger partial charge in [0.25, 0.3) is 5.69 Å². The first-order chi connectivity index (χ1) is 6.66. The first-order valence-electron chi connectivity index (χ1n) is 3.86. The fourth-order valence-corrected chi connectivity index (χ4v) is 1.36. The molecule has 0 aliphatic rings. The summed E-state index contributed by atoms with van der Waals surface area (Å²) in [5.41, 5.74) is 0.607. The molecule has 0 spiro atoms. The first-order valence-corrected chi connectivity index (χ1v) is 4.24. The van der Waals surface area contributed by atoms with Crippen molar-refractivity contribution in [3.8, 4) is 0 Å². The van der Waals surface area contributed by atoms with E-state index in [9.17, 15) is 10.1 Å². The molecule has 5 heteroatoms. The summed E-state index contributed by atoms with van der Waals surface area (Å²) in [5.74, 6) is 0. The molecule has 0 aliphatic carbocycles. The van der Waals surface area contributed by atoms with E-state index in [1.807, 2.05) is 0 Å². The largest absolute Gasteiger partial charge is 0.271 e. The zero-order chi connectivity index (χ0) is 10.1. The molecule has 14 heavy (non-hydrogen) atoms. The van der Waals surface area contributed by atoms with Gasteiger partial charge in [0, 0.05) is 23.7 Å². The van der Waals surface area contributed by atoms with Crippen LogP contribution in [-0.2, 0) is 0 Å². The van der Waals surface area contributed by atoms with Gasteiger partial charge in [0.2, 0.25) is 0 Å². The van der Waals surface area contributed by atoms with Crippen LogP contribution in [-0.4, -0.2) is 9.91 Å². The molecule has 0 bridgehead atoms. The van der Waals surface area contributed by atoms with E-state index >= 15 is 0 Å². The summed E-state index contributed by atoms with van der Waals surface area (Å²) >= 11 is 5.72. The number of hydrogen-bond donors (Lipinski definition) is 0. The number of benzene rings is 1. The molecular formula is C9H5ClN2O2. The highest BCUT2D eigenvalue weighted by atomic mass is 35.5. The van der Waals surface area contributed by atoms with E-state index < -0.39 is 4.92 Å². The number of fused-ring (bicyclic) bond motifs is 1. The lowest BCUT2D eigenvalue weighted by Crippen LogP contribution is -1.88. The van der Waals surface area contributed by atoms with Crippen molar-refractivity contribution in [1.29, 1.82) is 0 Å². The average molecular weight is 209 g/mol. The molecule has 0 atom stereocenters. The Morgan fingerprint density at radius 1 is 1.36 bits per heavy atom. The van der Waals surface area contributed by atoms with Gasteiger partial charge in [-0.3, -0.25) is 15.1 Å². The highest BCUT2D eigenvalue weighted by Gasteiger charge is 2.06. The summed E-state index contributed by atoms with van der Waals surface area (Å²) in [6, 6.07) is 6.20. The van der Waals surface area contributed by atoms with Gasteiger partial charge in [-0.1, -0.05) is 11.6 Å². The van der Waals surface area contributed by atoms with Gasteiger partial charge in [-0.15, -0.1) is 0 Å². The Kier molecular flexibility index (Phi) is 2.05. The maximum atomic E-state index is 10.5. The van der Waals surface area contributed by atoms with E-state index in [1.54, 1.807) is 12.1 Å². The Labute approximate surface area is 84.3 Å². The Morgan fingerprint density at radius 2 is 2.14 bits per heavy atom. The van der Waals surface area contributed by atoms with Crippen molar-refractivity contribution in [3.05, 3.63) is 45.6 Å². The minimum atomic E-state index is -0.449. The maximum Gasteiger partial charge on any atom is 0.271 e. The van der Waals surface area contributed by atoms with E-state index in [2.05, 4.69) is 4.98 Å². The van der Waals surface area contributed by atoms with Crippen LogP contribution in [0.25, 0.3) is 10.9 Å².